The maximum Gasteiger partial charge on any atom is 0.355 e. The summed E-state index contributed by atoms with van der Waals surface area (Å²) in [7, 11) is 0. The Bertz CT molecular complexity index is 921. The molecule has 0 spiro atoms. The topological polar surface area (TPSA) is 71.2 Å². The van der Waals surface area contributed by atoms with Crippen LogP contribution in [0.3, 0.4) is 0 Å². The predicted molar refractivity (Wildman–Crippen MR) is 95.9 cm³/mol. The molecule has 25 heavy (non-hydrogen) atoms. The summed E-state index contributed by atoms with van der Waals surface area (Å²) in [5.41, 5.74) is 1.06. The highest BCUT2D eigenvalue weighted by atomic mass is 79.9. The number of halogens is 2. The summed E-state index contributed by atoms with van der Waals surface area (Å²) in [6.07, 6.45) is -1.08. The summed E-state index contributed by atoms with van der Waals surface area (Å²) in [4.78, 5) is 27.2. The molecule has 0 bridgehead atoms. The van der Waals surface area contributed by atoms with Gasteiger partial charge in [-0.1, -0.05) is 34.1 Å². The number of ether oxygens (including phenoxy) is 1. The third-order valence-corrected chi connectivity index (χ3v) is 4.09. The SMILES string of the molecule is C[C@H](OC(=O)c1cc2ccccc2[nH]1)C(=O)Nc1ccc(Br)cc1F. The lowest BCUT2D eigenvalue weighted by molar-refractivity contribution is -0.123. The second-order valence-electron chi connectivity index (χ2n) is 5.43. The number of carbonyl (C=O) groups is 2. The van der Waals surface area contributed by atoms with E-state index in [9.17, 15) is 14.0 Å². The van der Waals surface area contributed by atoms with Crippen LogP contribution in [0, 0.1) is 5.82 Å². The number of hydrogen-bond acceptors (Lipinski definition) is 3. The first-order chi connectivity index (χ1) is 11.9. The van der Waals surface area contributed by atoms with Gasteiger partial charge in [0.2, 0.25) is 0 Å². The quantitative estimate of drug-likeness (QED) is 0.638. The fourth-order valence-electron chi connectivity index (χ4n) is 2.29. The first-order valence-electron chi connectivity index (χ1n) is 7.48. The lowest BCUT2D eigenvalue weighted by atomic mass is 10.2. The summed E-state index contributed by atoms with van der Waals surface area (Å²) < 4.78 is 19.5. The van der Waals surface area contributed by atoms with Crippen LogP contribution in [0.1, 0.15) is 17.4 Å². The van der Waals surface area contributed by atoms with Crippen LogP contribution in [0.4, 0.5) is 10.1 Å². The Hall–Kier alpha value is -2.67. The van der Waals surface area contributed by atoms with E-state index in [1.54, 1.807) is 12.1 Å². The lowest BCUT2D eigenvalue weighted by Gasteiger charge is -2.13. The average Bonchev–Trinajstić information content (AvgIpc) is 3.01. The standard InChI is InChI=1S/C18H14BrFN2O3/c1-10(17(23)22-15-7-6-12(19)9-13(15)20)25-18(24)16-8-11-4-2-3-5-14(11)21-16/h2-10,21H,1H3,(H,22,23)/t10-/m0/s1. The minimum Gasteiger partial charge on any atom is -0.448 e. The van der Waals surface area contributed by atoms with Crippen molar-refractivity contribution in [3.63, 3.8) is 0 Å². The number of para-hydroxylation sites is 1. The van der Waals surface area contributed by atoms with Crippen molar-refractivity contribution >= 4 is 44.4 Å². The molecule has 1 aromatic heterocycles. The number of fused-ring (bicyclic) bond motifs is 1. The summed E-state index contributed by atoms with van der Waals surface area (Å²) >= 11 is 3.14. The molecule has 1 heterocycles. The third-order valence-electron chi connectivity index (χ3n) is 3.59. The number of carbonyl (C=O) groups excluding carboxylic acids is 2. The molecule has 0 radical (unpaired) electrons. The molecular formula is C18H14BrFN2O3. The number of nitrogens with one attached hydrogen (secondary N) is 2. The number of aromatic amines is 1. The van der Waals surface area contributed by atoms with Crippen LogP contribution in [0.2, 0.25) is 0 Å². The van der Waals surface area contributed by atoms with E-state index in [-0.39, 0.29) is 11.4 Å². The van der Waals surface area contributed by atoms with Gasteiger partial charge in [-0.05, 0) is 37.3 Å². The van der Waals surface area contributed by atoms with Crippen molar-refractivity contribution < 1.29 is 18.7 Å². The summed E-state index contributed by atoms with van der Waals surface area (Å²) in [6, 6.07) is 13.3. The predicted octanol–water partition coefficient (Wildman–Crippen LogP) is 4.25. The number of benzene rings is 2. The van der Waals surface area contributed by atoms with Crippen LogP contribution < -0.4 is 5.32 Å². The molecule has 5 nitrogen and oxygen atoms in total. The van der Waals surface area contributed by atoms with Crippen LogP contribution >= 0.6 is 15.9 Å². The van der Waals surface area contributed by atoms with Gasteiger partial charge in [0, 0.05) is 15.4 Å². The number of H-pyrrole nitrogens is 1. The highest BCUT2D eigenvalue weighted by Crippen LogP contribution is 2.20. The van der Waals surface area contributed by atoms with E-state index in [1.807, 2.05) is 24.3 Å². The molecule has 7 heteroatoms. The molecule has 3 rings (SSSR count). The van der Waals surface area contributed by atoms with Crippen molar-refractivity contribution in [1.29, 1.82) is 0 Å². The number of anilines is 1. The molecule has 128 valence electrons. The molecule has 0 aliphatic heterocycles. The highest BCUT2D eigenvalue weighted by Gasteiger charge is 2.21. The zero-order valence-corrected chi connectivity index (χ0v) is 14.8. The van der Waals surface area contributed by atoms with E-state index in [4.69, 9.17) is 4.74 Å². The van der Waals surface area contributed by atoms with E-state index in [0.29, 0.717) is 4.47 Å². The fourth-order valence-corrected chi connectivity index (χ4v) is 2.62. The van der Waals surface area contributed by atoms with E-state index in [1.165, 1.54) is 19.1 Å². The van der Waals surface area contributed by atoms with E-state index in [0.717, 1.165) is 10.9 Å². The third kappa shape index (κ3) is 3.88. The second kappa shape index (κ2) is 7.06. The van der Waals surface area contributed by atoms with Gasteiger partial charge >= 0.3 is 5.97 Å². The Kier molecular flexibility index (Phi) is 4.85. The van der Waals surface area contributed by atoms with Gasteiger partial charge in [0.1, 0.15) is 11.5 Å². The molecule has 1 atom stereocenters. The Morgan fingerprint density at radius 1 is 1.20 bits per heavy atom. The molecule has 0 aliphatic carbocycles. The van der Waals surface area contributed by atoms with E-state index < -0.39 is 23.8 Å². The molecule has 0 saturated carbocycles. The van der Waals surface area contributed by atoms with Gasteiger partial charge in [-0.2, -0.15) is 0 Å². The average molecular weight is 405 g/mol. The van der Waals surface area contributed by atoms with Crippen LogP contribution in [0.5, 0.6) is 0 Å². The monoisotopic (exact) mass is 404 g/mol. The number of amides is 1. The Labute approximate surface area is 151 Å². The van der Waals surface area contributed by atoms with Crippen molar-refractivity contribution in [2.24, 2.45) is 0 Å². The van der Waals surface area contributed by atoms with Crippen LogP contribution in [-0.2, 0) is 9.53 Å². The number of rotatable bonds is 4. The van der Waals surface area contributed by atoms with Crippen molar-refractivity contribution in [3.05, 3.63) is 64.5 Å². The zero-order valence-electron chi connectivity index (χ0n) is 13.2. The van der Waals surface area contributed by atoms with Crippen LogP contribution in [0.15, 0.2) is 53.0 Å². The maximum atomic E-state index is 13.8. The Balaban J connectivity index is 1.67. The molecular weight excluding hydrogens is 391 g/mol. The first-order valence-corrected chi connectivity index (χ1v) is 8.28. The van der Waals surface area contributed by atoms with Crippen molar-refractivity contribution in [1.82, 2.24) is 4.98 Å². The van der Waals surface area contributed by atoms with Crippen LogP contribution in [-0.4, -0.2) is 23.0 Å². The second-order valence-corrected chi connectivity index (χ2v) is 6.35. The lowest BCUT2D eigenvalue weighted by Crippen LogP contribution is -2.30. The van der Waals surface area contributed by atoms with E-state index in [2.05, 4.69) is 26.2 Å². The molecule has 3 aromatic rings. The van der Waals surface area contributed by atoms with Crippen molar-refractivity contribution in [2.75, 3.05) is 5.32 Å². The summed E-state index contributed by atoms with van der Waals surface area (Å²) in [5.74, 6) is -1.86. The van der Waals surface area contributed by atoms with E-state index >= 15 is 0 Å². The molecule has 0 fully saturated rings. The minimum absolute atomic E-state index is 0.0155. The summed E-state index contributed by atoms with van der Waals surface area (Å²) in [5, 5.41) is 3.26. The number of aromatic nitrogens is 1. The normalized spacial score (nSPS) is 12.0. The van der Waals surface area contributed by atoms with Crippen molar-refractivity contribution in [2.45, 2.75) is 13.0 Å². The Morgan fingerprint density at radius 3 is 2.68 bits per heavy atom. The minimum atomic E-state index is -1.08. The summed E-state index contributed by atoms with van der Waals surface area (Å²) in [6.45, 7) is 1.42. The molecule has 1 amide bonds. The smallest absolute Gasteiger partial charge is 0.355 e. The van der Waals surface area contributed by atoms with Gasteiger partial charge in [-0.25, -0.2) is 9.18 Å². The van der Waals surface area contributed by atoms with Crippen LogP contribution in [0.25, 0.3) is 10.9 Å². The molecule has 0 saturated heterocycles. The van der Waals surface area contributed by atoms with Gasteiger partial charge in [0.05, 0.1) is 5.69 Å². The van der Waals surface area contributed by atoms with Gasteiger partial charge in [0.25, 0.3) is 5.91 Å². The van der Waals surface area contributed by atoms with Gasteiger partial charge in [0.15, 0.2) is 6.10 Å². The molecule has 2 N–H and O–H groups in total. The maximum absolute atomic E-state index is 13.8. The molecule has 0 unspecified atom stereocenters. The van der Waals surface area contributed by atoms with Crippen molar-refractivity contribution in [3.8, 4) is 0 Å². The zero-order chi connectivity index (χ0) is 18.0. The largest absolute Gasteiger partial charge is 0.448 e. The van der Waals surface area contributed by atoms with Gasteiger partial charge < -0.3 is 15.0 Å². The molecule has 0 aliphatic rings. The molecule has 2 aromatic carbocycles. The Morgan fingerprint density at radius 2 is 1.96 bits per heavy atom. The fraction of sp³-hybridized carbons (Fsp3) is 0.111. The number of hydrogen-bond donors (Lipinski definition) is 2. The van der Waals surface area contributed by atoms with Gasteiger partial charge in [-0.3, -0.25) is 4.79 Å². The highest BCUT2D eigenvalue weighted by molar-refractivity contribution is 9.10. The number of esters is 1. The van der Waals surface area contributed by atoms with Gasteiger partial charge in [-0.15, -0.1) is 0 Å². The first kappa shape index (κ1) is 17.2.